The molecule has 1 N–H and O–H groups in total. The van der Waals surface area contributed by atoms with Crippen molar-refractivity contribution in [3.05, 3.63) is 34.8 Å². The number of anilines is 2. The van der Waals surface area contributed by atoms with Gasteiger partial charge in [-0.3, -0.25) is 9.59 Å². The van der Waals surface area contributed by atoms with Gasteiger partial charge in [0.05, 0.1) is 5.92 Å². The van der Waals surface area contributed by atoms with Crippen LogP contribution < -0.4 is 10.2 Å². The van der Waals surface area contributed by atoms with Crippen molar-refractivity contribution in [2.75, 3.05) is 16.8 Å². The van der Waals surface area contributed by atoms with Crippen LogP contribution >= 0.6 is 11.3 Å². The molecule has 0 spiro atoms. The van der Waals surface area contributed by atoms with E-state index in [9.17, 15) is 9.59 Å². The molecule has 1 saturated heterocycles. The minimum atomic E-state index is -0.364. The highest BCUT2D eigenvalue weighted by molar-refractivity contribution is 7.15. The molecule has 0 saturated carbocycles. The van der Waals surface area contributed by atoms with Gasteiger partial charge in [0.25, 0.3) is 0 Å². The first-order valence-corrected chi connectivity index (χ1v) is 8.39. The van der Waals surface area contributed by atoms with Crippen LogP contribution in [0.5, 0.6) is 0 Å². The molecule has 3 rings (SSSR count). The number of nitrogens with zero attached hydrogens (tertiary/aromatic N) is 3. The predicted octanol–water partition coefficient (Wildman–Crippen LogP) is 2.40. The second-order valence-electron chi connectivity index (χ2n) is 5.50. The summed E-state index contributed by atoms with van der Waals surface area (Å²) in [4.78, 5) is 26.4. The van der Waals surface area contributed by atoms with Crippen molar-refractivity contribution in [1.29, 1.82) is 0 Å². The molecule has 2 amide bonds. The van der Waals surface area contributed by atoms with Crippen molar-refractivity contribution in [1.82, 2.24) is 10.2 Å². The summed E-state index contributed by atoms with van der Waals surface area (Å²) >= 11 is 1.33. The van der Waals surface area contributed by atoms with Crippen molar-refractivity contribution in [2.24, 2.45) is 5.92 Å². The van der Waals surface area contributed by atoms with Gasteiger partial charge >= 0.3 is 0 Å². The van der Waals surface area contributed by atoms with Gasteiger partial charge in [-0.25, -0.2) is 0 Å². The first-order chi connectivity index (χ1) is 11.1. The van der Waals surface area contributed by atoms with Gasteiger partial charge < -0.3 is 10.2 Å². The second kappa shape index (κ2) is 6.45. The van der Waals surface area contributed by atoms with Crippen LogP contribution in [0.25, 0.3) is 0 Å². The second-order valence-corrected chi connectivity index (χ2v) is 6.68. The number of benzene rings is 1. The lowest BCUT2D eigenvalue weighted by atomic mass is 10.1. The zero-order valence-corrected chi connectivity index (χ0v) is 13.9. The van der Waals surface area contributed by atoms with E-state index in [1.54, 1.807) is 4.90 Å². The number of carbonyl (C=O) groups excluding carboxylic acids is 2. The van der Waals surface area contributed by atoms with E-state index in [1.807, 2.05) is 31.2 Å². The summed E-state index contributed by atoms with van der Waals surface area (Å²) in [6, 6.07) is 7.83. The molecular weight excluding hydrogens is 312 g/mol. The van der Waals surface area contributed by atoms with Crippen LogP contribution in [0.2, 0.25) is 0 Å². The Kier molecular flexibility index (Phi) is 4.38. The lowest BCUT2D eigenvalue weighted by molar-refractivity contribution is -0.122. The molecule has 1 atom stereocenters. The first-order valence-electron chi connectivity index (χ1n) is 7.57. The van der Waals surface area contributed by atoms with Gasteiger partial charge in [0.2, 0.25) is 16.9 Å². The Morgan fingerprint density at radius 1 is 1.39 bits per heavy atom. The molecule has 0 bridgehead atoms. The third kappa shape index (κ3) is 3.24. The minimum Gasteiger partial charge on any atom is -0.311 e. The highest BCUT2D eigenvalue weighted by atomic mass is 32.1. The molecule has 2 heterocycles. The zero-order valence-electron chi connectivity index (χ0n) is 13.1. The number of hydrogen-bond acceptors (Lipinski definition) is 5. The van der Waals surface area contributed by atoms with Crippen LogP contribution in [0.4, 0.5) is 10.8 Å². The average molecular weight is 330 g/mol. The molecule has 1 fully saturated rings. The molecule has 6 nitrogen and oxygen atoms in total. The summed E-state index contributed by atoms with van der Waals surface area (Å²) in [5.74, 6) is -0.554. The number of aromatic nitrogens is 2. The molecular formula is C16H18N4O2S. The van der Waals surface area contributed by atoms with Crippen LogP contribution in [0.1, 0.15) is 23.9 Å². The summed E-state index contributed by atoms with van der Waals surface area (Å²) < 4.78 is 0. The van der Waals surface area contributed by atoms with Crippen LogP contribution in [0, 0.1) is 12.8 Å². The predicted molar refractivity (Wildman–Crippen MR) is 89.6 cm³/mol. The van der Waals surface area contributed by atoms with Gasteiger partial charge in [-0.05, 0) is 25.0 Å². The van der Waals surface area contributed by atoms with E-state index in [1.165, 1.54) is 11.3 Å². The number of hydrogen-bond donors (Lipinski definition) is 1. The monoisotopic (exact) mass is 330 g/mol. The SMILES string of the molecule is CCc1ccccc1N1CC(C(=O)Nc2nnc(C)s2)CC1=O. The number of para-hydroxylation sites is 1. The number of aryl methyl sites for hydroxylation is 2. The fraction of sp³-hybridized carbons (Fsp3) is 0.375. The van der Waals surface area contributed by atoms with E-state index in [0.29, 0.717) is 11.7 Å². The van der Waals surface area contributed by atoms with Gasteiger partial charge in [-0.2, -0.15) is 0 Å². The fourth-order valence-electron chi connectivity index (χ4n) is 2.74. The minimum absolute atomic E-state index is 0.0144. The molecule has 0 aliphatic carbocycles. The molecule has 7 heteroatoms. The molecule has 1 unspecified atom stereocenters. The van der Waals surface area contributed by atoms with Crippen LogP contribution in [0.15, 0.2) is 24.3 Å². The topological polar surface area (TPSA) is 75.2 Å². The standard InChI is InChI=1S/C16H18N4O2S/c1-3-11-6-4-5-7-13(11)20-9-12(8-14(20)21)15(22)17-16-19-18-10(2)23-16/h4-7,12H,3,8-9H2,1-2H3,(H,17,19,22). The molecule has 1 aliphatic heterocycles. The maximum atomic E-state index is 12.3. The summed E-state index contributed by atoms with van der Waals surface area (Å²) in [6.45, 7) is 4.29. The molecule has 23 heavy (non-hydrogen) atoms. The molecule has 120 valence electrons. The van der Waals surface area contributed by atoms with E-state index in [4.69, 9.17) is 0 Å². The van der Waals surface area contributed by atoms with Crippen molar-refractivity contribution < 1.29 is 9.59 Å². The van der Waals surface area contributed by atoms with Gasteiger partial charge in [-0.15, -0.1) is 10.2 Å². The summed E-state index contributed by atoms with van der Waals surface area (Å²) in [7, 11) is 0. The normalized spacial score (nSPS) is 17.6. The smallest absolute Gasteiger partial charge is 0.231 e. The first kappa shape index (κ1) is 15.6. The molecule has 0 radical (unpaired) electrons. The molecule has 2 aromatic rings. The van der Waals surface area contributed by atoms with Crippen molar-refractivity contribution in [3.63, 3.8) is 0 Å². The maximum Gasteiger partial charge on any atom is 0.231 e. The Bertz CT molecular complexity index is 743. The summed E-state index contributed by atoms with van der Waals surface area (Å²) in [5, 5.41) is 11.8. The van der Waals surface area contributed by atoms with Crippen molar-refractivity contribution in [3.8, 4) is 0 Å². The van der Waals surface area contributed by atoms with Crippen LogP contribution in [-0.4, -0.2) is 28.6 Å². The fourth-order valence-corrected chi connectivity index (χ4v) is 3.34. The Morgan fingerprint density at radius 3 is 2.87 bits per heavy atom. The van der Waals surface area contributed by atoms with Gasteiger partial charge in [0.1, 0.15) is 5.01 Å². The number of nitrogens with one attached hydrogen (secondary N) is 1. The van der Waals surface area contributed by atoms with Crippen molar-refractivity contribution in [2.45, 2.75) is 26.7 Å². The van der Waals surface area contributed by atoms with E-state index >= 15 is 0 Å². The lowest BCUT2D eigenvalue weighted by Crippen LogP contribution is -2.28. The van der Waals surface area contributed by atoms with E-state index in [-0.39, 0.29) is 24.2 Å². The van der Waals surface area contributed by atoms with E-state index in [0.717, 1.165) is 22.7 Å². The van der Waals surface area contributed by atoms with Crippen LogP contribution in [-0.2, 0) is 16.0 Å². The van der Waals surface area contributed by atoms with E-state index in [2.05, 4.69) is 22.4 Å². The average Bonchev–Trinajstić information content (AvgIpc) is 3.13. The lowest BCUT2D eigenvalue weighted by Gasteiger charge is -2.19. The maximum absolute atomic E-state index is 12.3. The number of amides is 2. The third-order valence-corrected chi connectivity index (χ3v) is 4.67. The molecule has 1 aromatic heterocycles. The highest BCUT2D eigenvalue weighted by Crippen LogP contribution is 2.29. The van der Waals surface area contributed by atoms with Crippen molar-refractivity contribution >= 4 is 34.0 Å². The molecule has 1 aromatic carbocycles. The Hall–Kier alpha value is -2.28. The third-order valence-electron chi connectivity index (χ3n) is 3.92. The van der Waals surface area contributed by atoms with Gasteiger partial charge in [0, 0.05) is 18.7 Å². The largest absolute Gasteiger partial charge is 0.311 e. The Balaban J connectivity index is 1.73. The van der Waals surface area contributed by atoms with E-state index < -0.39 is 0 Å². The van der Waals surface area contributed by atoms with Gasteiger partial charge in [-0.1, -0.05) is 36.5 Å². The van der Waals surface area contributed by atoms with Crippen LogP contribution in [0.3, 0.4) is 0 Å². The Labute approximate surface area is 138 Å². The summed E-state index contributed by atoms with van der Waals surface area (Å²) in [6.07, 6.45) is 1.07. The van der Waals surface area contributed by atoms with Gasteiger partial charge in [0.15, 0.2) is 0 Å². The number of carbonyl (C=O) groups is 2. The Morgan fingerprint density at radius 2 is 2.17 bits per heavy atom. The summed E-state index contributed by atoms with van der Waals surface area (Å²) in [5.41, 5.74) is 2.02. The number of rotatable bonds is 4. The molecule has 1 aliphatic rings. The zero-order chi connectivity index (χ0) is 16.4. The highest BCUT2D eigenvalue weighted by Gasteiger charge is 2.36. The quantitative estimate of drug-likeness (QED) is 0.934.